The number of hydrogen-bond donors (Lipinski definition) is 10. The van der Waals surface area contributed by atoms with Gasteiger partial charge in [-0.2, -0.15) is 0 Å². The number of ether oxygens (including phenoxy) is 5. The molecule has 0 aliphatic carbocycles. The van der Waals surface area contributed by atoms with Gasteiger partial charge in [-0.05, 0) is 6.92 Å². The van der Waals surface area contributed by atoms with Crippen molar-refractivity contribution in [2.45, 2.75) is 99.0 Å². The minimum absolute atomic E-state index is 0.726. The van der Waals surface area contributed by atoms with Gasteiger partial charge in [-0.3, -0.25) is 0 Å². The molecule has 3 heterocycles. The summed E-state index contributed by atoms with van der Waals surface area (Å²) >= 11 is 0. The van der Waals surface area contributed by atoms with Crippen LogP contribution in [0.4, 0.5) is 0 Å². The predicted octanol–water partition coefficient (Wildman–Crippen LogP) is -6.55. The van der Waals surface area contributed by atoms with Crippen molar-refractivity contribution in [1.82, 2.24) is 0 Å². The number of rotatable bonds is 6. The maximum absolute atomic E-state index is 10.6. The summed E-state index contributed by atoms with van der Waals surface area (Å²) in [6.45, 7) is -0.107. The first kappa shape index (κ1) is 27.0. The molecule has 0 aromatic rings. The Bertz CT molecular complexity index is 608. The van der Waals surface area contributed by atoms with Crippen LogP contribution in [0.1, 0.15) is 6.92 Å². The maximum Gasteiger partial charge on any atom is 0.187 e. The molecule has 3 rings (SSSR count). The van der Waals surface area contributed by atoms with Gasteiger partial charge >= 0.3 is 0 Å². The molecule has 0 amide bonds. The molecule has 0 aromatic carbocycles. The van der Waals surface area contributed by atoms with Crippen molar-refractivity contribution >= 4 is 0 Å². The largest absolute Gasteiger partial charge is 0.394 e. The maximum atomic E-state index is 10.6. The van der Waals surface area contributed by atoms with Crippen LogP contribution in [0.3, 0.4) is 0 Å². The molecule has 0 spiro atoms. The Hall–Kier alpha value is -0.600. The van der Waals surface area contributed by atoms with E-state index in [2.05, 4.69) is 0 Å². The van der Waals surface area contributed by atoms with E-state index in [1.807, 2.05) is 0 Å². The summed E-state index contributed by atoms with van der Waals surface area (Å²) in [6.07, 6.45) is -23.8. The molecular formula is C18H32O15. The first-order chi connectivity index (χ1) is 15.5. The Balaban J connectivity index is 1.71. The molecule has 15 atom stereocenters. The van der Waals surface area contributed by atoms with Gasteiger partial charge in [0, 0.05) is 0 Å². The molecule has 0 bridgehead atoms. The third-order valence-electron chi connectivity index (χ3n) is 6.05. The Morgan fingerprint density at radius 2 is 1.06 bits per heavy atom. The molecule has 0 saturated carbocycles. The molecule has 3 aliphatic heterocycles. The lowest BCUT2D eigenvalue weighted by Crippen LogP contribution is -2.66. The van der Waals surface area contributed by atoms with Gasteiger partial charge in [0.2, 0.25) is 0 Å². The minimum atomic E-state index is -1.86. The van der Waals surface area contributed by atoms with E-state index in [0.717, 1.165) is 0 Å². The summed E-state index contributed by atoms with van der Waals surface area (Å²) in [7, 11) is 0. The van der Waals surface area contributed by atoms with E-state index < -0.39 is 105 Å². The zero-order chi connectivity index (χ0) is 24.6. The summed E-state index contributed by atoms with van der Waals surface area (Å²) in [5, 5.41) is 100. The highest BCUT2D eigenvalue weighted by Crippen LogP contribution is 2.32. The first-order valence-electron chi connectivity index (χ1n) is 10.4. The van der Waals surface area contributed by atoms with Gasteiger partial charge in [-0.15, -0.1) is 0 Å². The van der Waals surface area contributed by atoms with Crippen LogP contribution in [0.5, 0.6) is 0 Å². The van der Waals surface area contributed by atoms with Gasteiger partial charge in [0.05, 0.1) is 19.3 Å². The zero-order valence-electron chi connectivity index (χ0n) is 17.6. The highest BCUT2D eigenvalue weighted by Gasteiger charge is 2.52. The average molecular weight is 488 g/mol. The second-order valence-electron chi connectivity index (χ2n) is 8.32. The fraction of sp³-hybridized carbons (Fsp3) is 1.00. The molecule has 15 heteroatoms. The van der Waals surface area contributed by atoms with E-state index in [1.165, 1.54) is 6.92 Å². The van der Waals surface area contributed by atoms with Crippen LogP contribution in [0.15, 0.2) is 0 Å². The summed E-state index contributed by atoms with van der Waals surface area (Å²) < 4.78 is 26.4. The van der Waals surface area contributed by atoms with Crippen LogP contribution in [0, 0.1) is 0 Å². The highest BCUT2D eigenvalue weighted by molar-refractivity contribution is 4.95. The topological polar surface area (TPSA) is 248 Å². The van der Waals surface area contributed by atoms with Crippen molar-refractivity contribution in [3.63, 3.8) is 0 Å². The predicted molar refractivity (Wildman–Crippen MR) is 99.8 cm³/mol. The van der Waals surface area contributed by atoms with Gasteiger partial charge in [-0.1, -0.05) is 0 Å². The van der Waals surface area contributed by atoms with E-state index in [4.69, 9.17) is 23.7 Å². The Morgan fingerprint density at radius 3 is 1.64 bits per heavy atom. The van der Waals surface area contributed by atoms with Crippen molar-refractivity contribution in [3.8, 4) is 0 Å². The molecular weight excluding hydrogens is 456 g/mol. The Kier molecular flexibility index (Phi) is 8.99. The van der Waals surface area contributed by atoms with Crippen molar-refractivity contribution in [2.24, 2.45) is 0 Å². The molecule has 3 saturated heterocycles. The lowest BCUT2D eigenvalue weighted by Gasteiger charge is -2.47. The van der Waals surface area contributed by atoms with Crippen molar-refractivity contribution in [1.29, 1.82) is 0 Å². The summed E-state index contributed by atoms with van der Waals surface area (Å²) in [5.74, 6) is 0. The van der Waals surface area contributed by atoms with Crippen molar-refractivity contribution in [3.05, 3.63) is 0 Å². The van der Waals surface area contributed by atoms with Crippen LogP contribution in [-0.4, -0.2) is 156 Å². The van der Waals surface area contributed by atoms with Gasteiger partial charge in [0.15, 0.2) is 18.9 Å². The monoisotopic (exact) mass is 488 g/mol. The number of hydrogen-bond acceptors (Lipinski definition) is 15. The molecule has 15 nitrogen and oxygen atoms in total. The molecule has 10 N–H and O–H groups in total. The molecule has 3 aliphatic rings. The van der Waals surface area contributed by atoms with E-state index in [0.29, 0.717) is 0 Å². The van der Waals surface area contributed by atoms with Gasteiger partial charge < -0.3 is 74.7 Å². The third kappa shape index (κ3) is 5.32. The fourth-order valence-electron chi connectivity index (χ4n) is 4.00. The fourth-order valence-corrected chi connectivity index (χ4v) is 4.00. The van der Waals surface area contributed by atoms with Gasteiger partial charge in [0.25, 0.3) is 0 Å². The summed E-state index contributed by atoms with van der Waals surface area (Å²) in [6, 6.07) is 0. The minimum Gasteiger partial charge on any atom is -0.394 e. The second kappa shape index (κ2) is 11.0. The van der Waals surface area contributed by atoms with E-state index >= 15 is 0 Å². The number of aliphatic hydroxyl groups is 10. The summed E-state index contributed by atoms with van der Waals surface area (Å²) in [5.41, 5.74) is 0. The SMILES string of the molecule is C[C@H]1OC(O)[C@H](O)[C@@H](O[C@@H]2O[C@H](CO)[C@@H](O[C@@H]3O[C@H](CO)[C@@H](O)[C@H](O)[C@H]3O)[C@H](O)[C@H]2O)[C@H]1O. The van der Waals surface area contributed by atoms with Crippen LogP contribution in [0.2, 0.25) is 0 Å². The highest BCUT2D eigenvalue weighted by atomic mass is 16.7. The third-order valence-corrected chi connectivity index (χ3v) is 6.05. The first-order valence-corrected chi connectivity index (χ1v) is 10.4. The van der Waals surface area contributed by atoms with Crippen molar-refractivity contribution in [2.75, 3.05) is 13.2 Å². The quantitative estimate of drug-likeness (QED) is 0.167. The van der Waals surface area contributed by atoms with Crippen LogP contribution in [0.25, 0.3) is 0 Å². The lowest BCUT2D eigenvalue weighted by molar-refractivity contribution is -0.377. The van der Waals surface area contributed by atoms with E-state index in [9.17, 15) is 51.1 Å². The summed E-state index contributed by atoms with van der Waals surface area (Å²) in [4.78, 5) is 0. The Labute approximate surface area is 187 Å². The van der Waals surface area contributed by atoms with Gasteiger partial charge in [-0.25, -0.2) is 0 Å². The van der Waals surface area contributed by atoms with Crippen molar-refractivity contribution < 1.29 is 74.7 Å². The van der Waals surface area contributed by atoms with Crippen LogP contribution >= 0.6 is 0 Å². The lowest BCUT2D eigenvalue weighted by atomic mass is 9.96. The average Bonchev–Trinajstić information content (AvgIpc) is 2.79. The van der Waals surface area contributed by atoms with E-state index in [1.54, 1.807) is 0 Å². The zero-order valence-corrected chi connectivity index (χ0v) is 17.6. The molecule has 33 heavy (non-hydrogen) atoms. The smallest absolute Gasteiger partial charge is 0.187 e. The van der Waals surface area contributed by atoms with E-state index in [-0.39, 0.29) is 0 Å². The van der Waals surface area contributed by atoms with Crippen LogP contribution in [-0.2, 0) is 23.7 Å². The molecule has 0 radical (unpaired) electrons. The molecule has 194 valence electrons. The van der Waals surface area contributed by atoms with Crippen LogP contribution < -0.4 is 0 Å². The molecule has 1 unspecified atom stereocenters. The molecule has 3 fully saturated rings. The second-order valence-corrected chi connectivity index (χ2v) is 8.32. The Morgan fingerprint density at radius 1 is 0.545 bits per heavy atom. The van der Waals surface area contributed by atoms with Gasteiger partial charge in [0.1, 0.15) is 67.1 Å². The molecule has 0 aromatic heterocycles. The normalized spacial score (nSPS) is 53.7. The standard InChI is InChI=1S/C18H32O15/c1-4-7(21)15(13(27)16(28)29-4)33-18-12(26)10(24)14(6(3-20)31-18)32-17-11(25)9(23)8(22)5(2-19)30-17/h4-28H,2-3H2,1H3/t4-,5-,6-,7+,8-,9+,10-,11-,12-,13-,14-,15+,16?,17+,18+/m1/s1. The number of aliphatic hydroxyl groups excluding tert-OH is 10.